The van der Waals surface area contributed by atoms with Crippen molar-refractivity contribution >= 4 is 29.5 Å². The van der Waals surface area contributed by atoms with Gasteiger partial charge in [0.15, 0.2) is 0 Å². The highest BCUT2D eigenvalue weighted by atomic mass is 19.1. The van der Waals surface area contributed by atoms with Crippen molar-refractivity contribution < 1.29 is 28.7 Å². The number of amides is 4. The van der Waals surface area contributed by atoms with Gasteiger partial charge in [-0.15, -0.1) is 0 Å². The zero-order chi connectivity index (χ0) is 15.6. The number of piperazine rings is 1. The summed E-state index contributed by atoms with van der Waals surface area (Å²) in [5.41, 5.74) is -0.566. The molecule has 1 aromatic rings. The maximum atomic E-state index is 13.2. The number of imide groups is 1. The molecule has 1 aliphatic rings. The van der Waals surface area contributed by atoms with Crippen LogP contribution in [0.15, 0.2) is 18.2 Å². The van der Waals surface area contributed by atoms with Crippen LogP contribution in [0.4, 0.5) is 14.9 Å². The normalized spacial score (nSPS) is 14.6. The number of halogens is 1. The van der Waals surface area contributed by atoms with Gasteiger partial charge in [0.1, 0.15) is 18.9 Å². The quantitative estimate of drug-likeness (QED) is 0.665. The molecular weight excluding hydrogens is 285 g/mol. The molecule has 1 aromatic carbocycles. The lowest BCUT2D eigenvalue weighted by Gasteiger charge is -2.25. The number of urea groups is 1. The van der Waals surface area contributed by atoms with Gasteiger partial charge in [-0.05, 0) is 18.2 Å². The van der Waals surface area contributed by atoms with E-state index in [1.54, 1.807) is 0 Å². The fourth-order valence-corrected chi connectivity index (χ4v) is 1.78. The Bertz CT molecular complexity index is 630. The van der Waals surface area contributed by atoms with Crippen LogP contribution in [0.1, 0.15) is 10.4 Å². The average molecular weight is 295 g/mol. The van der Waals surface area contributed by atoms with Gasteiger partial charge in [0.25, 0.3) is 0 Å². The number of nitrogens with zero attached hydrogens (tertiary/aromatic N) is 1. The largest absolute Gasteiger partial charge is 0.478 e. The second-order valence-corrected chi connectivity index (χ2v) is 4.25. The van der Waals surface area contributed by atoms with Crippen LogP contribution in [0.3, 0.4) is 0 Å². The Morgan fingerprint density at radius 2 is 1.86 bits per heavy atom. The topological polar surface area (TPSA) is 116 Å². The molecule has 0 atom stereocenters. The first-order chi connectivity index (χ1) is 9.86. The summed E-state index contributed by atoms with van der Waals surface area (Å²) in [4.78, 5) is 46.1. The highest BCUT2D eigenvalue weighted by Crippen LogP contribution is 2.18. The second-order valence-electron chi connectivity index (χ2n) is 4.25. The minimum Gasteiger partial charge on any atom is -0.478 e. The summed E-state index contributed by atoms with van der Waals surface area (Å²) in [6.07, 6.45) is 0. The predicted molar refractivity (Wildman–Crippen MR) is 67.1 cm³/mol. The van der Waals surface area contributed by atoms with E-state index in [4.69, 9.17) is 5.11 Å². The summed E-state index contributed by atoms with van der Waals surface area (Å²) < 4.78 is 13.2. The Morgan fingerprint density at radius 1 is 1.24 bits per heavy atom. The highest BCUT2D eigenvalue weighted by molar-refractivity contribution is 6.05. The van der Waals surface area contributed by atoms with Crippen LogP contribution >= 0.6 is 0 Å². The molecule has 3 N–H and O–H groups in total. The van der Waals surface area contributed by atoms with Crippen LogP contribution in [0, 0.1) is 5.82 Å². The Hall–Kier alpha value is -2.97. The first kappa shape index (κ1) is 14.4. The average Bonchev–Trinajstić information content (AvgIpc) is 2.37. The molecule has 0 saturated carbocycles. The van der Waals surface area contributed by atoms with E-state index in [0.717, 1.165) is 23.1 Å². The van der Waals surface area contributed by atoms with Gasteiger partial charge < -0.3 is 15.3 Å². The van der Waals surface area contributed by atoms with Gasteiger partial charge in [0, 0.05) is 0 Å². The maximum absolute atomic E-state index is 13.2. The lowest BCUT2D eigenvalue weighted by Crippen LogP contribution is -2.54. The molecule has 0 spiro atoms. The van der Waals surface area contributed by atoms with E-state index in [2.05, 4.69) is 5.32 Å². The van der Waals surface area contributed by atoms with E-state index in [0.29, 0.717) is 0 Å². The number of anilines is 1. The molecule has 0 unspecified atom stereocenters. The third kappa shape index (κ3) is 3.32. The number of rotatable bonds is 2. The van der Waals surface area contributed by atoms with Crippen LogP contribution in [0.2, 0.25) is 0 Å². The van der Waals surface area contributed by atoms with Crippen LogP contribution in [-0.2, 0) is 9.59 Å². The van der Waals surface area contributed by atoms with E-state index in [-0.39, 0.29) is 24.3 Å². The molecular formula is C12H10FN3O5. The van der Waals surface area contributed by atoms with Crippen molar-refractivity contribution in [3.63, 3.8) is 0 Å². The van der Waals surface area contributed by atoms with E-state index >= 15 is 0 Å². The molecule has 1 saturated heterocycles. The van der Waals surface area contributed by atoms with Crippen molar-refractivity contribution in [1.82, 2.24) is 10.2 Å². The third-order valence-electron chi connectivity index (χ3n) is 2.69. The van der Waals surface area contributed by atoms with Crippen molar-refractivity contribution in [2.75, 3.05) is 18.4 Å². The molecule has 110 valence electrons. The van der Waals surface area contributed by atoms with Gasteiger partial charge in [0.05, 0.1) is 11.3 Å². The molecule has 21 heavy (non-hydrogen) atoms. The number of hydrogen-bond acceptors (Lipinski definition) is 4. The van der Waals surface area contributed by atoms with Gasteiger partial charge in [-0.25, -0.2) is 14.0 Å². The molecule has 4 amide bonds. The molecule has 8 nitrogen and oxygen atoms in total. The number of hydrogen-bond donors (Lipinski definition) is 3. The van der Waals surface area contributed by atoms with Crippen molar-refractivity contribution in [3.05, 3.63) is 29.6 Å². The number of carboxylic acid groups (broad SMARTS) is 1. The molecule has 1 heterocycles. The summed E-state index contributed by atoms with van der Waals surface area (Å²) in [7, 11) is 0. The molecule has 0 bridgehead atoms. The SMILES string of the molecule is O=C1CN(C(=O)Nc2cc(F)ccc2C(=O)O)CC(=O)N1. The fourth-order valence-electron chi connectivity index (χ4n) is 1.78. The van der Waals surface area contributed by atoms with Gasteiger partial charge in [-0.3, -0.25) is 14.9 Å². The third-order valence-corrected chi connectivity index (χ3v) is 2.69. The van der Waals surface area contributed by atoms with Gasteiger partial charge in [-0.1, -0.05) is 0 Å². The molecule has 2 rings (SSSR count). The first-order valence-electron chi connectivity index (χ1n) is 5.78. The summed E-state index contributed by atoms with van der Waals surface area (Å²) in [5.74, 6) is -3.39. The standard InChI is InChI=1S/C12H10FN3O5/c13-6-1-2-7(11(19)20)8(3-6)14-12(21)16-4-9(17)15-10(18)5-16/h1-3H,4-5H2,(H,14,21)(H,19,20)(H,15,17,18). The Kier molecular flexibility index (Phi) is 3.83. The zero-order valence-corrected chi connectivity index (χ0v) is 10.6. The number of carboxylic acids is 1. The van der Waals surface area contributed by atoms with E-state index < -0.39 is 29.6 Å². The minimum absolute atomic E-state index is 0.258. The molecule has 0 radical (unpaired) electrons. The van der Waals surface area contributed by atoms with E-state index in [9.17, 15) is 23.6 Å². The van der Waals surface area contributed by atoms with E-state index in [1.165, 1.54) is 0 Å². The van der Waals surface area contributed by atoms with Gasteiger partial charge >= 0.3 is 12.0 Å². The number of nitrogens with one attached hydrogen (secondary N) is 2. The summed E-state index contributed by atoms with van der Waals surface area (Å²) >= 11 is 0. The van der Waals surface area contributed by atoms with Crippen molar-refractivity contribution in [3.8, 4) is 0 Å². The molecule has 1 fully saturated rings. The fraction of sp³-hybridized carbons (Fsp3) is 0.167. The zero-order valence-electron chi connectivity index (χ0n) is 10.6. The summed E-state index contributed by atoms with van der Waals surface area (Å²) in [5, 5.41) is 13.1. The monoisotopic (exact) mass is 295 g/mol. The number of carbonyl (C=O) groups excluding carboxylic acids is 3. The Morgan fingerprint density at radius 3 is 2.43 bits per heavy atom. The minimum atomic E-state index is -1.35. The molecule has 9 heteroatoms. The predicted octanol–water partition coefficient (Wildman–Crippen LogP) is 0.0142. The molecule has 0 aromatic heterocycles. The van der Waals surface area contributed by atoms with Crippen LogP contribution in [0.5, 0.6) is 0 Å². The van der Waals surface area contributed by atoms with Crippen LogP contribution < -0.4 is 10.6 Å². The lowest BCUT2D eigenvalue weighted by molar-refractivity contribution is -0.134. The van der Waals surface area contributed by atoms with Crippen LogP contribution in [0.25, 0.3) is 0 Å². The highest BCUT2D eigenvalue weighted by Gasteiger charge is 2.27. The molecule has 0 aliphatic carbocycles. The summed E-state index contributed by atoms with van der Waals surface area (Å²) in [6.45, 7) is -0.704. The number of aromatic carboxylic acids is 1. The van der Waals surface area contributed by atoms with E-state index in [1.807, 2.05) is 5.32 Å². The van der Waals surface area contributed by atoms with Gasteiger partial charge in [-0.2, -0.15) is 0 Å². The van der Waals surface area contributed by atoms with Crippen molar-refractivity contribution in [2.24, 2.45) is 0 Å². The smallest absolute Gasteiger partial charge is 0.337 e. The maximum Gasteiger partial charge on any atom is 0.337 e. The van der Waals surface area contributed by atoms with Gasteiger partial charge in [0.2, 0.25) is 11.8 Å². The molecule has 1 aliphatic heterocycles. The first-order valence-corrected chi connectivity index (χ1v) is 5.78. The second kappa shape index (κ2) is 5.57. The number of benzene rings is 1. The summed E-state index contributed by atoms with van der Waals surface area (Å²) in [6, 6.07) is 1.91. The Balaban J connectivity index is 2.19. The van der Waals surface area contributed by atoms with Crippen molar-refractivity contribution in [2.45, 2.75) is 0 Å². The van der Waals surface area contributed by atoms with Crippen LogP contribution in [-0.4, -0.2) is 46.9 Å². The van der Waals surface area contributed by atoms with Crippen molar-refractivity contribution in [1.29, 1.82) is 0 Å². The number of carbonyl (C=O) groups is 4. The lowest BCUT2D eigenvalue weighted by atomic mass is 10.1. The Labute approximate surface area is 117 Å².